The first-order valence-corrected chi connectivity index (χ1v) is 9.47. The molecule has 0 radical (unpaired) electrons. The van der Waals surface area contributed by atoms with Crippen LogP contribution in [0.4, 0.5) is 0 Å². The van der Waals surface area contributed by atoms with Gasteiger partial charge in [-0.25, -0.2) is 0 Å². The highest BCUT2D eigenvalue weighted by Gasteiger charge is 2.13. The van der Waals surface area contributed by atoms with Gasteiger partial charge in [0.2, 0.25) is 0 Å². The van der Waals surface area contributed by atoms with Crippen LogP contribution in [0.15, 0.2) is 91.0 Å². The summed E-state index contributed by atoms with van der Waals surface area (Å²) in [6.07, 6.45) is 0.923. The van der Waals surface area contributed by atoms with E-state index in [-0.39, 0.29) is 0 Å². The maximum atomic E-state index is 6.24. The molecule has 0 N–H and O–H groups in total. The molecule has 2 heteroatoms. The number of halogens is 1. The maximum Gasteiger partial charge on any atom is 0.0412 e. The van der Waals surface area contributed by atoms with Crippen molar-refractivity contribution in [1.29, 1.82) is 0 Å². The van der Waals surface area contributed by atoms with Crippen LogP contribution >= 0.6 is 22.9 Å². The number of benzene rings is 3. The topological polar surface area (TPSA) is 0 Å². The third-order valence-corrected chi connectivity index (χ3v) is 5.70. The van der Waals surface area contributed by atoms with E-state index in [4.69, 9.17) is 11.6 Å². The smallest absolute Gasteiger partial charge is 0.0412 e. The molecule has 0 nitrogen and oxygen atoms in total. The molecule has 0 saturated heterocycles. The Hall–Kier alpha value is -2.35. The molecule has 4 aromatic rings. The predicted molar refractivity (Wildman–Crippen MR) is 109 cm³/mol. The molecule has 25 heavy (non-hydrogen) atoms. The summed E-state index contributed by atoms with van der Waals surface area (Å²) in [5.41, 5.74) is 5.11. The van der Waals surface area contributed by atoms with Crippen molar-refractivity contribution < 1.29 is 0 Å². The van der Waals surface area contributed by atoms with E-state index in [1.807, 2.05) is 23.5 Å². The summed E-state index contributed by atoms with van der Waals surface area (Å²) in [5.74, 6) is 0. The van der Waals surface area contributed by atoms with Gasteiger partial charge in [-0.3, -0.25) is 0 Å². The van der Waals surface area contributed by atoms with E-state index in [0.717, 1.165) is 11.4 Å². The van der Waals surface area contributed by atoms with Gasteiger partial charge in [-0.1, -0.05) is 84.4 Å². The fraction of sp³-hybridized carbons (Fsp3) is 0.0435. The van der Waals surface area contributed by atoms with Gasteiger partial charge in [-0.15, -0.1) is 11.3 Å². The quantitative estimate of drug-likeness (QED) is 0.357. The zero-order valence-electron chi connectivity index (χ0n) is 13.7. The number of hydrogen-bond donors (Lipinski definition) is 0. The Bertz CT molecular complexity index is 971. The van der Waals surface area contributed by atoms with E-state index in [1.54, 1.807) is 0 Å². The highest BCUT2D eigenvalue weighted by Crippen LogP contribution is 2.39. The SMILES string of the molecule is Clc1cccc(-c2sc(-c3ccccc3)cc2Cc2ccccc2)c1. The van der Waals surface area contributed by atoms with Crippen LogP contribution in [0.3, 0.4) is 0 Å². The maximum absolute atomic E-state index is 6.24. The fourth-order valence-electron chi connectivity index (χ4n) is 2.99. The molecule has 0 saturated carbocycles. The Morgan fingerprint density at radius 3 is 2.08 bits per heavy atom. The molecule has 122 valence electrons. The monoisotopic (exact) mass is 360 g/mol. The van der Waals surface area contributed by atoms with E-state index in [0.29, 0.717) is 0 Å². The van der Waals surface area contributed by atoms with Crippen molar-refractivity contribution >= 4 is 22.9 Å². The third kappa shape index (κ3) is 3.68. The first-order chi connectivity index (χ1) is 12.3. The second-order valence-electron chi connectivity index (χ2n) is 6.00. The number of thiophene rings is 1. The van der Waals surface area contributed by atoms with Crippen LogP contribution in [0.2, 0.25) is 5.02 Å². The van der Waals surface area contributed by atoms with Crippen molar-refractivity contribution in [2.24, 2.45) is 0 Å². The minimum absolute atomic E-state index is 0.776. The van der Waals surface area contributed by atoms with Gasteiger partial charge in [0.1, 0.15) is 0 Å². The van der Waals surface area contributed by atoms with Gasteiger partial charge in [-0.2, -0.15) is 0 Å². The third-order valence-electron chi connectivity index (χ3n) is 4.19. The van der Waals surface area contributed by atoms with Crippen molar-refractivity contribution in [1.82, 2.24) is 0 Å². The summed E-state index contributed by atoms with van der Waals surface area (Å²) in [6, 6.07) is 31.6. The molecule has 1 heterocycles. The molecule has 0 spiro atoms. The lowest BCUT2D eigenvalue weighted by atomic mass is 10.0. The summed E-state index contributed by atoms with van der Waals surface area (Å²) in [5, 5.41) is 0.776. The molecule has 0 unspecified atom stereocenters. The molecular weight excluding hydrogens is 344 g/mol. The van der Waals surface area contributed by atoms with E-state index < -0.39 is 0 Å². The molecular formula is C23H17ClS. The van der Waals surface area contributed by atoms with Gasteiger partial charge in [0, 0.05) is 14.8 Å². The summed E-state index contributed by atoms with van der Waals surface area (Å²) < 4.78 is 0. The van der Waals surface area contributed by atoms with Crippen LogP contribution in [0.25, 0.3) is 20.9 Å². The van der Waals surface area contributed by atoms with Crippen molar-refractivity contribution in [3.8, 4) is 20.9 Å². The molecule has 0 atom stereocenters. The Morgan fingerprint density at radius 1 is 0.680 bits per heavy atom. The minimum Gasteiger partial charge on any atom is -0.135 e. The summed E-state index contributed by atoms with van der Waals surface area (Å²) in [6.45, 7) is 0. The van der Waals surface area contributed by atoms with E-state index in [1.165, 1.54) is 32.0 Å². The lowest BCUT2D eigenvalue weighted by Crippen LogP contribution is -1.87. The van der Waals surface area contributed by atoms with Gasteiger partial charge in [0.15, 0.2) is 0 Å². The first-order valence-electron chi connectivity index (χ1n) is 8.27. The molecule has 1 aromatic heterocycles. The molecule has 4 rings (SSSR count). The number of rotatable bonds is 4. The predicted octanol–water partition coefficient (Wildman–Crippen LogP) is 7.33. The van der Waals surface area contributed by atoms with Crippen molar-refractivity contribution in [3.63, 3.8) is 0 Å². The van der Waals surface area contributed by atoms with E-state index in [9.17, 15) is 0 Å². The second-order valence-corrected chi connectivity index (χ2v) is 7.49. The summed E-state index contributed by atoms with van der Waals surface area (Å²) >= 11 is 8.07. The number of hydrogen-bond acceptors (Lipinski definition) is 1. The lowest BCUT2D eigenvalue weighted by molar-refractivity contribution is 1.21. The lowest BCUT2D eigenvalue weighted by Gasteiger charge is -2.05. The summed E-state index contributed by atoms with van der Waals surface area (Å²) in [7, 11) is 0. The molecule has 0 bridgehead atoms. The molecule has 3 aromatic carbocycles. The highest BCUT2D eigenvalue weighted by atomic mass is 35.5. The van der Waals surface area contributed by atoms with Gasteiger partial charge < -0.3 is 0 Å². The average Bonchev–Trinajstić information content (AvgIpc) is 3.07. The van der Waals surface area contributed by atoms with Crippen molar-refractivity contribution in [2.75, 3.05) is 0 Å². The van der Waals surface area contributed by atoms with E-state index in [2.05, 4.69) is 78.9 Å². The summed E-state index contributed by atoms with van der Waals surface area (Å²) in [4.78, 5) is 2.59. The molecule has 0 fully saturated rings. The van der Waals surface area contributed by atoms with Crippen LogP contribution in [0.5, 0.6) is 0 Å². The molecule has 0 aliphatic heterocycles. The minimum atomic E-state index is 0.776. The van der Waals surface area contributed by atoms with Crippen molar-refractivity contribution in [3.05, 3.63) is 107 Å². The van der Waals surface area contributed by atoms with Gasteiger partial charge in [0.05, 0.1) is 0 Å². The van der Waals surface area contributed by atoms with Crippen LogP contribution in [-0.2, 0) is 6.42 Å². The average molecular weight is 361 g/mol. The molecule has 0 aliphatic rings. The molecule has 0 amide bonds. The molecule has 0 aliphatic carbocycles. The van der Waals surface area contributed by atoms with Gasteiger partial charge in [0.25, 0.3) is 0 Å². The standard InChI is InChI=1S/C23H17ClS/c24-21-13-7-12-19(15-21)23-20(14-17-8-3-1-4-9-17)16-22(25-23)18-10-5-2-6-11-18/h1-13,15-16H,14H2. The Morgan fingerprint density at radius 2 is 1.36 bits per heavy atom. The van der Waals surface area contributed by atoms with Crippen LogP contribution in [0, 0.1) is 0 Å². The van der Waals surface area contributed by atoms with Crippen LogP contribution in [-0.4, -0.2) is 0 Å². The largest absolute Gasteiger partial charge is 0.135 e. The second kappa shape index (κ2) is 7.26. The Kier molecular flexibility index (Phi) is 4.69. The van der Waals surface area contributed by atoms with Gasteiger partial charge >= 0.3 is 0 Å². The van der Waals surface area contributed by atoms with E-state index >= 15 is 0 Å². The van der Waals surface area contributed by atoms with Gasteiger partial charge in [-0.05, 0) is 46.9 Å². The zero-order chi connectivity index (χ0) is 17.1. The Labute approximate surface area is 157 Å². The zero-order valence-corrected chi connectivity index (χ0v) is 15.2. The van der Waals surface area contributed by atoms with Crippen LogP contribution < -0.4 is 0 Å². The normalized spacial score (nSPS) is 10.8. The Balaban J connectivity index is 1.81. The highest BCUT2D eigenvalue weighted by molar-refractivity contribution is 7.19. The van der Waals surface area contributed by atoms with Crippen LogP contribution in [0.1, 0.15) is 11.1 Å². The fourth-order valence-corrected chi connectivity index (χ4v) is 4.37. The van der Waals surface area contributed by atoms with Crippen molar-refractivity contribution in [2.45, 2.75) is 6.42 Å². The first kappa shape index (κ1) is 16.1.